The molecular weight excluding hydrogens is 663 g/mol. The van der Waals surface area contributed by atoms with Gasteiger partial charge in [-0.15, -0.1) is 0 Å². The van der Waals surface area contributed by atoms with E-state index in [-0.39, 0.29) is 41.9 Å². The summed E-state index contributed by atoms with van der Waals surface area (Å²) in [6.45, 7) is 14.9. The Morgan fingerprint density at radius 2 is 1.65 bits per heavy atom. The number of amides is 2. The molecule has 1 N–H and O–H groups in total. The standard InChI is InChI=1S/C40H45N5O5S/c1-24-11-29-18-41-34-15-31(7-8-32(34)38(46)44(29)20-24)49-22-27-13-26(9-10-40(3,4)51-6)14-28(43-27)23-50-37-17-35-33(16-36(37)48-5)39(47)45-21-25(2)12-30(45)19-42-35/h7-8,13-17,19,29-30,41H,1-2,9-12,18,20-23H2,3-6H3/t29-,30-/m0/s1. The Bertz CT molecular complexity index is 1940. The summed E-state index contributed by atoms with van der Waals surface area (Å²) in [5.41, 5.74) is 7.23. The summed E-state index contributed by atoms with van der Waals surface area (Å²) >= 11 is 1.85. The molecule has 266 valence electrons. The van der Waals surface area contributed by atoms with Gasteiger partial charge in [0.1, 0.15) is 19.0 Å². The number of hydrogen-bond donors (Lipinski definition) is 1. The summed E-state index contributed by atoms with van der Waals surface area (Å²) in [6, 6.07) is 13.3. The number of methoxy groups -OCH3 is 1. The lowest BCUT2D eigenvalue weighted by atomic mass is 10.0. The van der Waals surface area contributed by atoms with Crippen molar-refractivity contribution in [1.29, 1.82) is 0 Å². The van der Waals surface area contributed by atoms with Gasteiger partial charge < -0.3 is 29.3 Å². The van der Waals surface area contributed by atoms with Crippen molar-refractivity contribution in [3.8, 4) is 17.2 Å². The molecule has 0 bridgehead atoms. The molecule has 3 aromatic rings. The first-order chi connectivity index (χ1) is 24.5. The predicted octanol–water partition coefficient (Wildman–Crippen LogP) is 7.01. The van der Waals surface area contributed by atoms with E-state index in [1.165, 1.54) is 0 Å². The molecule has 0 radical (unpaired) electrons. The highest BCUT2D eigenvalue weighted by Gasteiger charge is 2.36. The van der Waals surface area contributed by atoms with Crippen molar-refractivity contribution in [1.82, 2.24) is 14.8 Å². The quantitative estimate of drug-likeness (QED) is 0.213. The third kappa shape index (κ3) is 7.35. The molecule has 11 heteroatoms. The van der Waals surface area contributed by atoms with Gasteiger partial charge in [0.2, 0.25) is 0 Å². The van der Waals surface area contributed by atoms with Gasteiger partial charge in [-0.2, -0.15) is 11.8 Å². The molecule has 10 nitrogen and oxygen atoms in total. The summed E-state index contributed by atoms with van der Waals surface area (Å²) < 4.78 is 18.4. The van der Waals surface area contributed by atoms with E-state index in [4.69, 9.17) is 19.2 Å². The fourth-order valence-corrected chi connectivity index (χ4v) is 7.40. The number of benzene rings is 2. The van der Waals surface area contributed by atoms with Crippen LogP contribution in [0.3, 0.4) is 0 Å². The molecule has 1 aromatic heterocycles. The number of carbonyl (C=O) groups is 2. The minimum atomic E-state index is -0.0976. The van der Waals surface area contributed by atoms with Crippen LogP contribution in [0.5, 0.6) is 17.2 Å². The average Bonchev–Trinajstić information content (AvgIpc) is 3.63. The van der Waals surface area contributed by atoms with Crippen LogP contribution in [0, 0.1) is 0 Å². The van der Waals surface area contributed by atoms with Crippen LogP contribution < -0.4 is 19.5 Å². The maximum absolute atomic E-state index is 13.4. The lowest BCUT2D eigenvalue weighted by Gasteiger charge is -2.22. The van der Waals surface area contributed by atoms with E-state index in [1.807, 2.05) is 41.1 Å². The maximum atomic E-state index is 13.4. The molecule has 2 fully saturated rings. The van der Waals surface area contributed by atoms with Crippen molar-refractivity contribution in [2.24, 2.45) is 4.99 Å². The second kappa shape index (κ2) is 14.1. The van der Waals surface area contributed by atoms with E-state index in [1.54, 1.807) is 24.1 Å². The molecule has 2 atom stereocenters. The van der Waals surface area contributed by atoms with Gasteiger partial charge in [-0.1, -0.05) is 38.2 Å². The monoisotopic (exact) mass is 707 g/mol. The number of aromatic nitrogens is 1. The van der Waals surface area contributed by atoms with Crippen molar-refractivity contribution in [3.63, 3.8) is 0 Å². The largest absolute Gasteiger partial charge is 0.493 e. The molecule has 0 unspecified atom stereocenters. The van der Waals surface area contributed by atoms with Crippen LogP contribution in [0.25, 0.3) is 0 Å². The molecule has 0 spiro atoms. The number of fused-ring (bicyclic) bond motifs is 4. The fourth-order valence-electron chi connectivity index (χ4n) is 7.10. The first-order valence-electron chi connectivity index (χ1n) is 17.4. The third-order valence-electron chi connectivity index (χ3n) is 10.1. The number of nitrogens with zero attached hydrogens (tertiary/aromatic N) is 4. The summed E-state index contributed by atoms with van der Waals surface area (Å²) in [4.78, 5) is 40.0. The van der Waals surface area contributed by atoms with Gasteiger partial charge in [0.15, 0.2) is 11.5 Å². The van der Waals surface area contributed by atoms with Crippen LogP contribution in [0.1, 0.15) is 70.8 Å². The molecule has 0 saturated carbocycles. The second-order valence-electron chi connectivity index (χ2n) is 14.4. The number of rotatable bonds is 11. The second-order valence-corrected chi connectivity index (χ2v) is 15.9. The van der Waals surface area contributed by atoms with E-state index in [2.05, 4.69) is 55.7 Å². The first-order valence-corrected chi connectivity index (χ1v) is 18.6. The van der Waals surface area contributed by atoms with Gasteiger partial charge >= 0.3 is 0 Å². The maximum Gasteiger partial charge on any atom is 0.257 e. The molecule has 51 heavy (non-hydrogen) atoms. The Balaban J connectivity index is 1.10. The van der Waals surface area contributed by atoms with Crippen molar-refractivity contribution >= 4 is 41.2 Å². The minimum Gasteiger partial charge on any atom is -0.493 e. The number of aliphatic imine (C=N–C) groups is 1. The Labute approximate surface area is 304 Å². The SMILES string of the molecule is C=C1C[C@H]2CNc3cc(OCc4cc(CCC(C)(C)SC)cc(COc5cc6c(cc5OC)C(=O)N5CC(=C)C[C@H]5C=N6)n4)ccc3C(=O)N2C1. The van der Waals surface area contributed by atoms with Gasteiger partial charge in [0, 0.05) is 42.7 Å². The highest BCUT2D eigenvalue weighted by molar-refractivity contribution is 7.99. The van der Waals surface area contributed by atoms with Crippen LogP contribution in [-0.4, -0.2) is 82.6 Å². The molecule has 2 amide bonds. The first kappa shape index (κ1) is 34.7. The van der Waals surface area contributed by atoms with E-state index < -0.39 is 0 Å². The Hall–Kier alpha value is -4.77. The normalized spacial score (nSPS) is 19.5. The number of aryl methyl sites for hydroxylation is 1. The zero-order valence-corrected chi connectivity index (χ0v) is 30.6. The van der Waals surface area contributed by atoms with Gasteiger partial charge in [0.05, 0.1) is 53.1 Å². The van der Waals surface area contributed by atoms with Crippen molar-refractivity contribution in [2.75, 3.05) is 38.3 Å². The number of carbonyl (C=O) groups excluding carboxylic acids is 2. The lowest BCUT2D eigenvalue weighted by molar-refractivity contribution is 0.0750. The molecular formula is C40H45N5O5S. The number of ether oxygens (including phenoxy) is 3. The summed E-state index contributed by atoms with van der Waals surface area (Å²) in [5, 5.41) is 3.46. The van der Waals surface area contributed by atoms with E-state index >= 15 is 0 Å². The van der Waals surface area contributed by atoms with Crippen LogP contribution in [0.4, 0.5) is 11.4 Å². The molecule has 4 aliphatic rings. The van der Waals surface area contributed by atoms with Gasteiger partial charge in [-0.25, -0.2) is 0 Å². The zero-order valence-electron chi connectivity index (χ0n) is 29.8. The van der Waals surface area contributed by atoms with Crippen molar-refractivity contribution in [2.45, 2.75) is 69.6 Å². The molecule has 7 rings (SSSR count). The lowest BCUT2D eigenvalue weighted by Crippen LogP contribution is -2.36. The third-order valence-corrected chi connectivity index (χ3v) is 11.5. The molecule has 4 aliphatic heterocycles. The van der Waals surface area contributed by atoms with E-state index in [0.717, 1.165) is 53.0 Å². The Morgan fingerprint density at radius 3 is 2.41 bits per heavy atom. The topological polar surface area (TPSA) is 106 Å². The molecule has 0 aliphatic carbocycles. The number of thioether (sulfide) groups is 1. The highest BCUT2D eigenvalue weighted by Crippen LogP contribution is 2.39. The Kier molecular flexibility index (Phi) is 9.58. The zero-order chi connectivity index (χ0) is 35.9. The smallest absolute Gasteiger partial charge is 0.257 e. The average molecular weight is 708 g/mol. The number of anilines is 1. The minimum absolute atomic E-state index is 0.0218. The van der Waals surface area contributed by atoms with Gasteiger partial charge in [0.25, 0.3) is 11.8 Å². The van der Waals surface area contributed by atoms with Crippen LogP contribution in [-0.2, 0) is 19.6 Å². The fraction of sp³-hybridized carbons (Fsp3) is 0.400. The highest BCUT2D eigenvalue weighted by atomic mass is 32.2. The summed E-state index contributed by atoms with van der Waals surface area (Å²) in [5.74, 6) is 1.53. The summed E-state index contributed by atoms with van der Waals surface area (Å²) in [6.07, 6.45) is 7.36. The predicted molar refractivity (Wildman–Crippen MR) is 202 cm³/mol. The Morgan fingerprint density at radius 1 is 0.922 bits per heavy atom. The van der Waals surface area contributed by atoms with Gasteiger partial charge in [-0.05, 0) is 67.8 Å². The van der Waals surface area contributed by atoms with Gasteiger partial charge in [-0.3, -0.25) is 19.6 Å². The number of hydrogen-bond acceptors (Lipinski definition) is 9. The number of pyridine rings is 1. The summed E-state index contributed by atoms with van der Waals surface area (Å²) in [7, 11) is 1.57. The van der Waals surface area contributed by atoms with Crippen LogP contribution in [0.15, 0.2) is 71.8 Å². The van der Waals surface area contributed by atoms with E-state index in [9.17, 15) is 9.59 Å². The molecule has 5 heterocycles. The van der Waals surface area contributed by atoms with Crippen LogP contribution in [0.2, 0.25) is 0 Å². The van der Waals surface area contributed by atoms with Crippen molar-refractivity contribution < 1.29 is 23.8 Å². The molecule has 2 aromatic carbocycles. The number of nitrogens with one attached hydrogen (secondary N) is 1. The molecule has 2 saturated heterocycles. The van der Waals surface area contributed by atoms with E-state index in [0.29, 0.717) is 60.1 Å². The van der Waals surface area contributed by atoms with Crippen molar-refractivity contribution in [3.05, 3.63) is 94.8 Å². The van der Waals surface area contributed by atoms with Crippen LogP contribution >= 0.6 is 11.8 Å².